The van der Waals surface area contributed by atoms with Crippen molar-refractivity contribution in [1.82, 2.24) is 0 Å². The van der Waals surface area contributed by atoms with Crippen LogP contribution in [0.2, 0.25) is 5.02 Å². The topological polar surface area (TPSA) is 76.0 Å². The van der Waals surface area contributed by atoms with Gasteiger partial charge in [0.25, 0.3) is 0 Å². The van der Waals surface area contributed by atoms with Gasteiger partial charge >= 0.3 is 5.97 Å². The number of aliphatic hydroxyl groups is 2. The summed E-state index contributed by atoms with van der Waals surface area (Å²) in [7, 11) is 0. The van der Waals surface area contributed by atoms with Crippen LogP contribution in [-0.2, 0) is 9.53 Å². The maximum Gasteiger partial charge on any atom is 0.306 e. The molecule has 23 heavy (non-hydrogen) atoms. The SMILES string of the molecule is O=C1CC2C(CC[C@@H](O)COc3cccc(Cl)c3)C(O)C[C@@H]2O1. The average molecular weight is 341 g/mol. The monoisotopic (exact) mass is 340 g/mol. The molecule has 0 aromatic heterocycles. The second-order valence-electron chi connectivity index (χ2n) is 6.36. The molecule has 0 spiro atoms. The van der Waals surface area contributed by atoms with Crippen molar-refractivity contribution in [3.63, 3.8) is 0 Å². The van der Waals surface area contributed by atoms with E-state index < -0.39 is 12.2 Å². The Kier molecular flexibility index (Phi) is 5.09. The molecule has 0 amide bonds. The van der Waals surface area contributed by atoms with E-state index in [1.807, 2.05) is 0 Å². The summed E-state index contributed by atoms with van der Waals surface area (Å²) in [6, 6.07) is 7.02. The summed E-state index contributed by atoms with van der Waals surface area (Å²) in [5.41, 5.74) is 0. The highest BCUT2D eigenvalue weighted by molar-refractivity contribution is 6.30. The van der Waals surface area contributed by atoms with Gasteiger partial charge in [-0.3, -0.25) is 4.79 Å². The summed E-state index contributed by atoms with van der Waals surface area (Å²) >= 11 is 5.88. The summed E-state index contributed by atoms with van der Waals surface area (Å²) < 4.78 is 10.7. The van der Waals surface area contributed by atoms with Crippen LogP contribution in [0.3, 0.4) is 0 Å². The fourth-order valence-corrected chi connectivity index (χ4v) is 3.78. The van der Waals surface area contributed by atoms with Gasteiger partial charge in [-0.25, -0.2) is 0 Å². The van der Waals surface area contributed by atoms with Crippen molar-refractivity contribution >= 4 is 17.6 Å². The maximum absolute atomic E-state index is 11.3. The predicted molar refractivity (Wildman–Crippen MR) is 84.3 cm³/mol. The quantitative estimate of drug-likeness (QED) is 0.776. The molecule has 126 valence electrons. The van der Waals surface area contributed by atoms with Gasteiger partial charge in [-0.05, 0) is 37.0 Å². The second kappa shape index (κ2) is 7.07. The van der Waals surface area contributed by atoms with Gasteiger partial charge in [0.05, 0.1) is 18.6 Å². The highest BCUT2D eigenvalue weighted by Crippen LogP contribution is 2.43. The van der Waals surface area contributed by atoms with E-state index in [9.17, 15) is 15.0 Å². The van der Waals surface area contributed by atoms with Crippen LogP contribution >= 0.6 is 11.6 Å². The average Bonchev–Trinajstić information content (AvgIpc) is 2.98. The van der Waals surface area contributed by atoms with Crippen LogP contribution in [0, 0.1) is 11.8 Å². The van der Waals surface area contributed by atoms with Gasteiger partial charge < -0.3 is 19.7 Å². The molecule has 2 N–H and O–H groups in total. The summed E-state index contributed by atoms with van der Waals surface area (Å²) in [5.74, 6) is 0.528. The highest BCUT2D eigenvalue weighted by Gasteiger charge is 2.49. The number of benzene rings is 1. The number of hydrogen-bond acceptors (Lipinski definition) is 5. The molecule has 6 heteroatoms. The van der Waals surface area contributed by atoms with Gasteiger partial charge in [0.1, 0.15) is 18.5 Å². The minimum absolute atomic E-state index is 0.00673. The number of carbonyl (C=O) groups excluding carboxylic acids is 1. The van der Waals surface area contributed by atoms with Crippen LogP contribution in [-0.4, -0.2) is 41.1 Å². The number of hydrogen-bond donors (Lipinski definition) is 2. The van der Waals surface area contributed by atoms with E-state index in [0.717, 1.165) is 0 Å². The molecule has 0 radical (unpaired) electrons. The third kappa shape index (κ3) is 3.97. The molecule has 5 nitrogen and oxygen atoms in total. The number of carbonyl (C=O) groups is 1. The summed E-state index contributed by atoms with van der Waals surface area (Å²) in [4.78, 5) is 11.3. The number of aliphatic hydroxyl groups excluding tert-OH is 2. The van der Waals surface area contributed by atoms with Crippen molar-refractivity contribution in [2.24, 2.45) is 11.8 Å². The smallest absolute Gasteiger partial charge is 0.306 e. The van der Waals surface area contributed by atoms with Crippen LogP contribution in [0.5, 0.6) is 5.75 Å². The largest absolute Gasteiger partial charge is 0.491 e. The molecule has 1 aliphatic carbocycles. The number of ether oxygens (including phenoxy) is 2. The molecule has 1 aliphatic heterocycles. The van der Waals surface area contributed by atoms with Gasteiger partial charge in [0.15, 0.2) is 0 Å². The molecule has 1 saturated heterocycles. The Balaban J connectivity index is 1.45. The Morgan fingerprint density at radius 3 is 3.04 bits per heavy atom. The Bertz CT molecular complexity index is 564. The van der Waals surface area contributed by atoms with E-state index in [2.05, 4.69) is 0 Å². The number of esters is 1. The predicted octanol–water partition coefficient (Wildman–Crippen LogP) is 2.17. The zero-order valence-corrected chi connectivity index (χ0v) is 13.5. The van der Waals surface area contributed by atoms with E-state index in [0.29, 0.717) is 36.5 Å². The number of rotatable bonds is 6. The van der Waals surface area contributed by atoms with E-state index in [1.54, 1.807) is 24.3 Å². The van der Waals surface area contributed by atoms with Crippen molar-refractivity contribution in [1.29, 1.82) is 0 Å². The van der Waals surface area contributed by atoms with E-state index in [1.165, 1.54) is 0 Å². The fraction of sp³-hybridized carbons (Fsp3) is 0.588. The molecular formula is C17H21ClO5. The highest BCUT2D eigenvalue weighted by atomic mass is 35.5. The van der Waals surface area contributed by atoms with Gasteiger partial charge in [-0.2, -0.15) is 0 Å². The minimum atomic E-state index is -0.627. The van der Waals surface area contributed by atoms with E-state index >= 15 is 0 Å². The third-order valence-corrected chi connectivity index (χ3v) is 4.99. The third-order valence-electron chi connectivity index (χ3n) is 4.75. The zero-order chi connectivity index (χ0) is 16.4. The van der Waals surface area contributed by atoms with Crippen molar-refractivity contribution in [3.8, 4) is 5.75 Å². The van der Waals surface area contributed by atoms with Gasteiger partial charge in [0, 0.05) is 17.4 Å². The van der Waals surface area contributed by atoms with Gasteiger partial charge in [-0.15, -0.1) is 0 Å². The van der Waals surface area contributed by atoms with Crippen molar-refractivity contribution in [2.75, 3.05) is 6.61 Å². The lowest BCUT2D eigenvalue weighted by Crippen LogP contribution is -2.24. The second-order valence-corrected chi connectivity index (χ2v) is 6.80. The first-order valence-corrected chi connectivity index (χ1v) is 8.34. The normalized spacial score (nSPS) is 30.8. The molecular weight excluding hydrogens is 320 g/mol. The van der Waals surface area contributed by atoms with Crippen LogP contribution in [0.4, 0.5) is 0 Å². The first kappa shape index (κ1) is 16.6. The van der Waals surface area contributed by atoms with E-state index in [-0.39, 0.29) is 30.5 Å². The zero-order valence-electron chi connectivity index (χ0n) is 12.7. The number of fused-ring (bicyclic) bond motifs is 1. The molecule has 1 aromatic carbocycles. The van der Waals surface area contributed by atoms with Crippen LogP contribution in [0.25, 0.3) is 0 Å². The first-order valence-electron chi connectivity index (χ1n) is 7.97. The molecule has 5 atom stereocenters. The van der Waals surface area contributed by atoms with Crippen molar-refractivity contribution in [3.05, 3.63) is 29.3 Å². The Labute approximate surface area is 140 Å². The summed E-state index contributed by atoms with van der Waals surface area (Å²) in [6.45, 7) is 0.173. The molecule has 0 bridgehead atoms. The first-order chi connectivity index (χ1) is 11.0. The maximum atomic E-state index is 11.3. The Hall–Kier alpha value is -1.30. The van der Waals surface area contributed by atoms with Crippen LogP contribution in [0.15, 0.2) is 24.3 Å². The number of halogens is 1. The molecule has 3 rings (SSSR count). The molecule has 1 saturated carbocycles. The summed E-state index contributed by atoms with van der Waals surface area (Å²) in [5, 5.41) is 20.8. The van der Waals surface area contributed by atoms with E-state index in [4.69, 9.17) is 21.1 Å². The molecule has 2 aliphatic rings. The minimum Gasteiger partial charge on any atom is -0.491 e. The lowest BCUT2D eigenvalue weighted by molar-refractivity contribution is -0.141. The van der Waals surface area contributed by atoms with Crippen molar-refractivity contribution in [2.45, 2.75) is 44.0 Å². The Morgan fingerprint density at radius 2 is 2.26 bits per heavy atom. The molecule has 3 unspecified atom stereocenters. The lowest BCUT2D eigenvalue weighted by atomic mass is 9.87. The standard InChI is InChI=1S/C17H21ClO5/c18-10-2-1-3-12(6-10)22-9-11(19)4-5-13-14-7-17(21)23-16(14)8-15(13)20/h1-3,6,11,13-16,19-20H,4-5,7-9H2/t11-,13?,14?,15?,16+/m1/s1. The van der Waals surface area contributed by atoms with Crippen LogP contribution in [0.1, 0.15) is 25.7 Å². The molecule has 1 aromatic rings. The summed E-state index contributed by atoms with van der Waals surface area (Å²) in [6.07, 6.45) is 0.816. The lowest BCUT2D eigenvalue weighted by Gasteiger charge is -2.21. The van der Waals surface area contributed by atoms with Crippen LogP contribution < -0.4 is 4.74 Å². The van der Waals surface area contributed by atoms with Gasteiger partial charge in [0.2, 0.25) is 0 Å². The molecule has 1 heterocycles. The Morgan fingerprint density at radius 1 is 1.43 bits per heavy atom. The van der Waals surface area contributed by atoms with Crippen molar-refractivity contribution < 1.29 is 24.5 Å². The molecule has 2 fully saturated rings. The fourth-order valence-electron chi connectivity index (χ4n) is 3.60. The van der Waals surface area contributed by atoms with Gasteiger partial charge in [-0.1, -0.05) is 17.7 Å².